The van der Waals surface area contributed by atoms with Crippen molar-refractivity contribution in [2.45, 2.75) is 0 Å². The molecule has 112 valence electrons. The highest BCUT2D eigenvalue weighted by Gasteiger charge is 2.08. The smallest absolute Gasteiger partial charge is 0.262 e. The minimum atomic E-state index is -0.392. The van der Waals surface area contributed by atoms with Gasteiger partial charge in [0.1, 0.15) is 11.8 Å². The predicted molar refractivity (Wildman–Crippen MR) is 86.8 cm³/mol. The maximum atomic E-state index is 11.8. The molecule has 0 atom stereocenters. The molecule has 0 aromatic heterocycles. The summed E-state index contributed by atoms with van der Waals surface area (Å²) >= 11 is 17.6. The molecular weight excluding hydrogens is 347 g/mol. The van der Waals surface area contributed by atoms with E-state index < -0.39 is 5.91 Å². The van der Waals surface area contributed by atoms with Crippen LogP contribution in [-0.2, 0) is 4.79 Å². The Hall–Kier alpha value is -1.93. The number of hydrogen-bond acceptors (Lipinski definition) is 3. The molecule has 0 fully saturated rings. The number of anilines is 1. The van der Waals surface area contributed by atoms with Gasteiger partial charge < -0.3 is 10.1 Å². The van der Waals surface area contributed by atoms with E-state index in [1.165, 1.54) is 18.2 Å². The van der Waals surface area contributed by atoms with Gasteiger partial charge in [0.2, 0.25) is 0 Å². The first-order chi connectivity index (χ1) is 10.5. The van der Waals surface area contributed by atoms with Gasteiger partial charge in [0.15, 0.2) is 6.61 Å². The van der Waals surface area contributed by atoms with Crippen LogP contribution in [0.1, 0.15) is 5.56 Å². The highest BCUT2D eigenvalue weighted by atomic mass is 35.5. The summed E-state index contributed by atoms with van der Waals surface area (Å²) in [5.74, 6) is -0.0704. The normalized spacial score (nSPS) is 9.91. The number of rotatable bonds is 4. The zero-order valence-electron chi connectivity index (χ0n) is 11.1. The predicted octanol–water partition coefficient (Wildman–Crippen LogP) is 4.54. The van der Waals surface area contributed by atoms with Crippen molar-refractivity contribution in [2.24, 2.45) is 0 Å². The third kappa shape index (κ3) is 4.28. The van der Waals surface area contributed by atoms with Gasteiger partial charge in [-0.05, 0) is 30.3 Å². The lowest BCUT2D eigenvalue weighted by Crippen LogP contribution is -2.20. The topological polar surface area (TPSA) is 62.1 Å². The Morgan fingerprint density at radius 3 is 2.59 bits per heavy atom. The van der Waals surface area contributed by atoms with Crippen molar-refractivity contribution in [1.29, 1.82) is 5.26 Å². The van der Waals surface area contributed by atoms with Crippen LogP contribution in [0.15, 0.2) is 36.4 Å². The van der Waals surface area contributed by atoms with Crippen LogP contribution in [0.25, 0.3) is 0 Å². The molecule has 0 spiro atoms. The van der Waals surface area contributed by atoms with Gasteiger partial charge in [-0.3, -0.25) is 4.79 Å². The molecule has 0 radical (unpaired) electrons. The number of ether oxygens (including phenoxy) is 1. The molecule has 0 unspecified atom stereocenters. The van der Waals surface area contributed by atoms with E-state index in [2.05, 4.69) is 5.32 Å². The van der Waals surface area contributed by atoms with Gasteiger partial charge in [-0.25, -0.2) is 0 Å². The first-order valence-electron chi connectivity index (χ1n) is 6.07. The number of carbonyl (C=O) groups excluding carboxylic acids is 1. The number of nitriles is 1. The average Bonchev–Trinajstić information content (AvgIpc) is 2.48. The lowest BCUT2D eigenvalue weighted by Gasteiger charge is -2.09. The number of benzene rings is 2. The lowest BCUT2D eigenvalue weighted by atomic mass is 10.2. The molecule has 1 N–H and O–H groups in total. The van der Waals surface area contributed by atoms with Crippen LogP contribution in [0.2, 0.25) is 15.1 Å². The fourth-order valence-corrected chi connectivity index (χ4v) is 2.17. The van der Waals surface area contributed by atoms with Crippen LogP contribution in [0, 0.1) is 11.3 Å². The van der Waals surface area contributed by atoms with E-state index in [4.69, 9.17) is 44.8 Å². The molecule has 7 heteroatoms. The SMILES string of the molecule is N#Cc1ccc(NC(=O)COc2cc(Cl)ccc2Cl)cc1Cl. The number of carbonyl (C=O) groups is 1. The van der Waals surface area contributed by atoms with Crippen molar-refractivity contribution in [1.82, 2.24) is 0 Å². The van der Waals surface area contributed by atoms with Crippen LogP contribution >= 0.6 is 34.8 Å². The third-order valence-electron chi connectivity index (χ3n) is 2.63. The fraction of sp³-hybridized carbons (Fsp3) is 0.0667. The van der Waals surface area contributed by atoms with E-state index in [1.807, 2.05) is 6.07 Å². The standard InChI is InChI=1S/C15H9Cl3N2O2/c16-10-2-4-12(17)14(5-10)22-8-15(21)20-11-3-1-9(7-19)13(18)6-11/h1-6H,8H2,(H,20,21). The summed E-state index contributed by atoms with van der Waals surface area (Å²) in [6.07, 6.45) is 0. The molecule has 0 saturated heterocycles. The largest absolute Gasteiger partial charge is 0.482 e. The summed E-state index contributed by atoms with van der Waals surface area (Å²) in [4.78, 5) is 11.8. The lowest BCUT2D eigenvalue weighted by molar-refractivity contribution is -0.118. The number of nitrogens with zero attached hydrogens (tertiary/aromatic N) is 1. The van der Waals surface area contributed by atoms with Gasteiger partial charge >= 0.3 is 0 Å². The van der Waals surface area contributed by atoms with E-state index >= 15 is 0 Å². The van der Waals surface area contributed by atoms with Gasteiger partial charge in [-0.2, -0.15) is 5.26 Å². The van der Waals surface area contributed by atoms with Crippen molar-refractivity contribution in [2.75, 3.05) is 11.9 Å². The molecule has 0 bridgehead atoms. The Labute approximate surface area is 142 Å². The summed E-state index contributed by atoms with van der Waals surface area (Å²) in [6, 6.07) is 11.3. The summed E-state index contributed by atoms with van der Waals surface area (Å²) in [5, 5.41) is 12.5. The third-order valence-corrected chi connectivity index (χ3v) is 3.49. The number of halogens is 3. The summed E-state index contributed by atoms with van der Waals surface area (Å²) < 4.78 is 5.31. The molecule has 2 rings (SSSR count). The molecule has 0 aliphatic heterocycles. The number of hydrogen-bond donors (Lipinski definition) is 1. The van der Waals surface area contributed by atoms with Gasteiger partial charge in [-0.15, -0.1) is 0 Å². The van der Waals surface area contributed by atoms with Gasteiger partial charge in [0.05, 0.1) is 15.6 Å². The Balaban J connectivity index is 1.97. The number of amides is 1. The zero-order chi connectivity index (χ0) is 16.1. The highest BCUT2D eigenvalue weighted by molar-refractivity contribution is 6.34. The molecule has 22 heavy (non-hydrogen) atoms. The molecule has 0 saturated carbocycles. The fourth-order valence-electron chi connectivity index (χ4n) is 1.61. The Kier molecular flexibility index (Phi) is 5.51. The van der Waals surface area contributed by atoms with Gasteiger partial charge in [0, 0.05) is 16.8 Å². The second-order valence-electron chi connectivity index (χ2n) is 4.22. The molecule has 0 heterocycles. The van der Waals surface area contributed by atoms with Crippen LogP contribution < -0.4 is 10.1 Å². The summed E-state index contributed by atoms with van der Waals surface area (Å²) in [7, 11) is 0. The maximum Gasteiger partial charge on any atom is 0.262 e. The number of nitrogens with one attached hydrogen (secondary N) is 1. The Morgan fingerprint density at radius 2 is 1.91 bits per heavy atom. The van der Waals surface area contributed by atoms with Crippen molar-refractivity contribution in [3.63, 3.8) is 0 Å². The van der Waals surface area contributed by atoms with E-state index in [9.17, 15) is 4.79 Å². The second kappa shape index (κ2) is 7.37. The summed E-state index contributed by atoms with van der Waals surface area (Å²) in [5.41, 5.74) is 0.802. The van der Waals surface area contributed by atoms with E-state index in [-0.39, 0.29) is 11.6 Å². The molecule has 2 aromatic carbocycles. The monoisotopic (exact) mass is 354 g/mol. The van der Waals surface area contributed by atoms with E-state index in [1.54, 1.807) is 18.2 Å². The van der Waals surface area contributed by atoms with Crippen LogP contribution in [-0.4, -0.2) is 12.5 Å². The Bertz CT molecular complexity index is 757. The first-order valence-corrected chi connectivity index (χ1v) is 7.20. The summed E-state index contributed by atoms with van der Waals surface area (Å²) in [6.45, 7) is -0.238. The quantitative estimate of drug-likeness (QED) is 0.876. The van der Waals surface area contributed by atoms with Crippen molar-refractivity contribution in [3.05, 3.63) is 57.0 Å². The van der Waals surface area contributed by atoms with Crippen molar-refractivity contribution >= 4 is 46.4 Å². The molecule has 0 aliphatic rings. The first kappa shape index (κ1) is 16.4. The van der Waals surface area contributed by atoms with Gasteiger partial charge in [-0.1, -0.05) is 34.8 Å². The second-order valence-corrected chi connectivity index (χ2v) is 5.47. The Morgan fingerprint density at radius 1 is 1.14 bits per heavy atom. The minimum Gasteiger partial charge on any atom is -0.482 e. The van der Waals surface area contributed by atoms with E-state index in [0.717, 1.165) is 0 Å². The molecular formula is C15H9Cl3N2O2. The van der Waals surface area contributed by atoms with Crippen LogP contribution in [0.3, 0.4) is 0 Å². The molecule has 4 nitrogen and oxygen atoms in total. The van der Waals surface area contributed by atoms with Crippen molar-refractivity contribution < 1.29 is 9.53 Å². The zero-order valence-corrected chi connectivity index (χ0v) is 13.3. The molecule has 1 amide bonds. The maximum absolute atomic E-state index is 11.8. The molecule has 2 aromatic rings. The van der Waals surface area contributed by atoms with Crippen LogP contribution in [0.5, 0.6) is 5.75 Å². The van der Waals surface area contributed by atoms with Gasteiger partial charge in [0.25, 0.3) is 5.91 Å². The van der Waals surface area contributed by atoms with Crippen LogP contribution in [0.4, 0.5) is 5.69 Å². The molecule has 0 aliphatic carbocycles. The van der Waals surface area contributed by atoms with Crippen molar-refractivity contribution in [3.8, 4) is 11.8 Å². The average molecular weight is 356 g/mol. The highest BCUT2D eigenvalue weighted by Crippen LogP contribution is 2.27. The van der Waals surface area contributed by atoms with E-state index in [0.29, 0.717) is 27.0 Å². The minimum absolute atomic E-state index is 0.238.